The Morgan fingerprint density at radius 2 is 1.97 bits per heavy atom. The summed E-state index contributed by atoms with van der Waals surface area (Å²) < 4.78 is 34.3. The van der Waals surface area contributed by atoms with Gasteiger partial charge in [0, 0.05) is 17.8 Å². The van der Waals surface area contributed by atoms with E-state index in [1.807, 2.05) is 24.3 Å². The van der Waals surface area contributed by atoms with Crippen molar-refractivity contribution in [2.45, 2.75) is 24.7 Å². The number of ether oxygens (including phenoxy) is 1. The molecule has 0 spiro atoms. The first-order valence-corrected chi connectivity index (χ1v) is 9.98. The zero-order valence-corrected chi connectivity index (χ0v) is 16.1. The molecule has 29 heavy (non-hydrogen) atoms. The number of alkyl halides is 2. The molecule has 0 unspecified atom stereocenters. The number of hydrogen-bond donors (Lipinski definition) is 0. The van der Waals surface area contributed by atoms with E-state index < -0.39 is 6.61 Å². The number of benzene rings is 2. The Kier molecular flexibility index (Phi) is 5.75. The monoisotopic (exact) mass is 417 g/mol. The zero-order valence-electron chi connectivity index (χ0n) is 15.3. The van der Waals surface area contributed by atoms with Gasteiger partial charge in [0.1, 0.15) is 5.75 Å². The molecule has 2 heterocycles. The van der Waals surface area contributed by atoms with Crippen LogP contribution in [0.4, 0.5) is 14.5 Å². The number of halogens is 2. The number of para-hydroxylation sites is 1. The summed E-state index contributed by atoms with van der Waals surface area (Å²) in [5.74, 6) is 0.449. The van der Waals surface area contributed by atoms with Crippen LogP contribution in [0.5, 0.6) is 5.75 Å². The smallest absolute Gasteiger partial charge is 0.387 e. The van der Waals surface area contributed by atoms with Crippen molar-refractivity contribution in [1.29, 1.82) is 0 Å². The van der Waals surface area contributed by atoms with E-state index in [0.717, 1.165) is 18.5 Å². The second-order valence-corrected chi connectivity index (χ2v) is 7.27. The summed E-state index contributed by atoms with van der Waals surface area (Å²) in [5, 5.41) is 8.17. The third kappa shape index (κ3) is 4.56. The highest BCUT2D eigenvalue weighted by atomic mass is 32.2. The lowest BCUT2D eigenvalue weighted by Gasteiger charge is -2.29. The topological polar surface area (TPSA) is 68.5 Å². The first-order valence-electron chi connectivity index (χ1n) is 9.00. The Morgan fingerprint density at radius 3 is 2.76 bits per heavy atom. The lowest BCUT2D eigenvalue weighted by molar-refractivity contribution is -0.116. The van der Waals surface area contributed by atoms with Crippen LogP contribution >= 0.6 is 11.8 Å². The summed E-state index contributed by atoms with van der Waals surface area (Å²) in [6, 6.07) is 13.8. The molecule has 0 fully saturated rings. The number of carbonyl (C=O) groups is 1. The van der Waals surface area contributed by atoms with Crippen LogP contribution in [-0.4, -0.2) is 35.0 Å². The third-order valence-corrected chi connectivity index (χ3v) is 5.27. The second kappa shape index (κ2) is 8.60. The van der Waals surface area contributed by atoms with Crippen molar-refractivity contribution < 1.29 is 22.7 Å². The van der Waals surface area contributed by atoms with Gasteiger partial charge in [-0.25, -0.2) is 0 Å². The predicted octanol–water partition coefficient (Wildman–Crippen LogP) is 4.41. The van der Waals surface area contributed by atoms with Crippen LogP contribution in [0.3, 0.4) is 0 Å². The lowest BCUT2D eigenvalue weighted by Crippen LogP contribution is -2.36. The number of nitrogens with zero attached hydrogens (tertiary/aromatic N) is 3. The summed E-state index contributed by atoms with van der Waals surface area (Å²) in [6.45, 7) is -2.19. The third-order valence-electron chi connectivity index (χ3n) is 4.46. The fourth-order valence-corrected chi connectivity index (χ4v) is 3.80. The van der Waals surface area contributed by atoms with E-state index in [-0.39, 0.29) is 28.5 Å². The number of aryl methyl sites for hydroxylation is 1. The predicted molar refractivity (Wildman–Crippen MR) is 104 cm³/mol. The van der Waals surface area contributed by atoms with Crippen LogP contribution in [0.2, 0.25) is 0 Å². The number of fused-ring (bicyclic) bond motifs is 1. The average Bonchev–Trinajstić information content (AvgIpc) is 3.21. The molecule has 0 radical (unpaired) electrons. The largest absolute Gasteiger partial charge is 0.435 e. The maximum absolute atomic E-state index is 12.7. The standard InChI is InChI=1S/C20H17F2N3O3S/c21-19(22)27-15-9-7-14(8-10-15)18-23-24-20(28-18)29-12-17(26)25-11-3-5-13-4-1-2-6-16(13)25/h1-2,4,6-10,19H,3,5,11-12H2. The molecule has 0 bridgehead atoms. The highest BCUT2D eigenvalue weighted by Crippen LogP contribution is 2.29. The van der Waals surface area contributed by atoms with E-state index in [1.165, 1.54) is 29.5 Å². The first kappa shape index (κ1) is 19.4. The van der Waals surface area contributed by atoms with Gasteiger partial charge in [0.2, 0.25) is 11.8 Å². The van der Waals surface area contributed by atoms with Crippen molar-refractivity contribution in [2.75, 3.05) is 17.2 Å². The molecule has 1 amide bonds. The van der Waals surface area contributed by atoms with Crippen LogP contribution in [0.1, 0.15) is 12.0 Å². The minimum atomic E-state index is -2.88. The van der Waals surface area contributed by atoms with E-state index in [9.17, 15) is 13.6 Å². The van der Waals surface area contributed by atoms with E-state index in [2.05, 4.69) is 14.9 Å². The number of aromatic nitrogens is 2. The summed E-state index contributed by atoms with van der Waals surface area (Å²) in [7, 11) is 0. The van der Waals surface area contributed by atoms with E-state index in [1.54, 1.807) is 17.0 Å². The quantitative estimate of drug-likeness (QED) is 0.554. The van der Waals surface area contributed by atoms with E-state index in [0.29, 0.717) is 12.1 Å². The molecular weight excluding hydrogens is 400 g/mol. The number of amides is 1. The lowest BCUT2D eigenvalue weighted by atomic mass is 10.0. The summed E-state index contributed by atoms with van der Waals surface area (Å²) in [6.07, 6.45) is 1.91. The number of hydrogen-bond acceptors (Lipinski definition) is 6. The fraction of sp³-hybridized carbons (Fsp3) is 0.250. The molecule has 4 rings (SSSR count). The highest BCUT2D eigenvalue weighted by molar-refractivity contribution is 7.99. The Labute approximate surface area is 169 Å². The van der Waals surface area contributed by atoms with Crippen molar-refractivity contribution >= 4 is 23.4 Å². The van der Waals surface area contributed by atoms with Crippen molar-refractivity contribution in [3.8, 4) is 17.2 Å². The molecule has 1 aliphatic heterocycles. The summed E-state index contributed by atoms with van der Waals surface area (Å²) >= 11 is 1.17. The van der Waals surface area contributed by atoms with Crippen molar-refractivity contribution in [1.82, 2.24) is 10.2 Å². The molecule has 2 aromatic carbocycles. The Morgan fingerprint density at radius 1 is 1.17 bits per heavy atom. The van der Waals surface area contributed by atoms with Crippen LogP contribution in [0.25, 0.3) is 11.5 Å². The van der Waals surface area contributed by atoms with Gasteiger partial charge < -0.3 is 14.1 Å². The van der Waals surface area contributed by atoms with Gasteiger partial charge in [-0.15, -0.1) is 10.2 Å². The normalized spacial score (nSPS) is 13.4. The van der Waals surface area contributed by atoms with Crippen LogP contribution in [0, 0.1) is 0 Å². The van der Waals surface area contributed by atoms with Gasteiger partial charge in [-0.1, -0.05) is 30.0 Å². The summed E-state index contributed by atoms with van der Waals surface area (Å²) in [4.78, 5) is 14.5. The Balaban J connectivity index is 1.38. The van der Waals surface area contributed by atoms with Crippen LogP contribution in [-0.2, 0) is 11.2 Å². The van der Waals surface area contributed by atoms with Crippen molar-refractivity contribution in [2.24, 2.45) is 0 Å². The molecule has 0 saturated carbocycles. The number of anilines is 1. The molecule has 1 aliphatic rings. The number of thioether (sulfide) groups is 1. The van der Waals surface area contributed by atoms with Gasteiger partial charge in [0.25, 0.3) is 5.22 Å². The van der Waals surface area contributed by atoms with E-state index >= 15 is 0 Å². The Bertz CT molecular complexity index is 995. The zero-order chi connectivity index (χ0) is 20.2. The van der Waals surface area contributed by atoms with Crippen molar-refractivity contribution in [3.63, 3.8) is 0 Å². The molecule has 0 aliphatic carbocycles. The molecule has 0 saturated heterocycles. The number of rotatable bonds is 6. The molecule has 150 valence electrons. The molecular formula is C20H17F2N3O3S. The molecule has 0 atom stereocenters. The summed E-state index contributed by atoms with van der Waals surface area (Å²) in [5.41, 5.74) is 2.71. The maximum atomic E-state index is 12.7. The van der Waals surface area contributed by atoms with Crippen molar-refractivity contribution in [3.05, 3.63) is 54.1 Å². The number of carbonyl (C=O) groups excluding carboxylic acids is 1. The van der Waals surface area contributed by atoms with Gasteiger partial charge >= 0.3 is 6.61 Å². The minimum absolute atomic E-state index is 0.0181. The van der Waals surface area contributed by atoms with Gasteiger partial charge in [-0.3, -0.25) is 4.79 Å². The van der Waals surface area contributed by atoms with Gasteiger partial charge in [0.05, 0.1) is 5.75 Å². The Hall–Kier alpha value is -2.94. The molecule has 1 aromatic heterocycles. The molecule has 6 nitrogen and oxygen atoms in total. The van der Waals surface area contributed by atoms with Crippen LogP contribution in [0.15, 0.2) is 58.2 Å². The average molecular weight is 417 g/mol. The van der Waals surface area contributed by atoms with Crippen LogP contribution < -0.4 is 9.64 Å². The van der Waals surface area contributed by atoms with Gasteiger partial charge in [0.15, 0.2) is 0 Å². The minimum Gasteiger partial charge on any atom is -0.435 e. The fourth-order valence-electron chi connectivity index (χ4n) is 3.16. The molecule has 0 N–H and O–H groups in total. The highest BCUT2D eigenvalue weighted by Gasteiger charge is 2.23. The molecule has 9 heteroatoms. The second-order valence-electron chi connectivity index (χ2n) is 6.34. The van der Waals surface area contributed by atoms with Gasteiger partial charge in [-0.05, 0) is 48.7 Å². The molecule has 3 aromatic rings. The first-order chi connectivity index (χ1) is 14.1. The maximum Gasteiger partial charge on any atom is 0.387 e. The van der Waals surface area contributed by atoms with E-state index in [4.69, 9.17) is 4.42 Å². The SMILES string of the molecule is O=C(CSc1nnc(-c2ccc(OC(F)F)cc2)o1)N1CCCc2ccccc21. The van der Waals surface area contributed by atoms with Gasteiger partial charge in [-0.2, -0.15) is 8.78 Å².